The zero-order valence-corrected chi connectivity index (χ0v) is 21.4. The number of hydrogen-bond acceptors (Lipinski definition) is 10. The fourth-order valence-corrected chi connectivity index (χ4v) is 3.48. The summed E-state index contributed by atoms with van der Waals surface area (Å²) in [5.74, 6) is -0.0838. The van der Waals surface area contributed by atoms with Gasteiger partial charge in [0.2, 0.25) is 11.8 Å². The van der Waals surface area contributed by atoms with Crippen molar-refractivity contribution in [3.8, 4) is 0 Å². The third-order valence-corrected chi connectivity index (χ3v) is 5.44. The Kier molecular flexibility index (Phi) is 21.4. The lowest BCUT2D eigenvalue weighted by Crippen LogP contribution is -2.39. The predicted molar refractivity (Wildman–Crippen MR) is 139 cm³/mol. The average Bonchev–Trinajstić information content (AvgIpc) is 3.16. The van der Waals surface area contributed by atoms with Gasteiger partial charge in [0.25, 0.3) is 0 Å². The molecule has 0 aliphatic carbocycles. The van der Waals surface area contributed by atoms with Crippen LogP contribution < -0.4 is 42.5 Å². The van der Waals surface area contributed by atoms with E-state index in [1.807, 2.05) is 0 Å². The molecule has 1 rings (SSSR count). The van der Waals surface area contributed by atoms with Crippen LogP contribution >= 0.6 is 0 Å². The Morgan fingerprint density at radius 3 is 1.03 bits per heavy atom. The van der Waals surface area contributed by atoms with E-state index in [1.165, 1.54) is 11.3 Å². The van der Waals surface area contributed by atoms with E-state index in [4.69, 9.17) is 0 Å². The summed E-state index contributed by atoms with van der Waals surface area (Å²) in [6.07, 6.45) is 1.93. The highest BCUT2D eigenvalue weighted by atomic mass is 16.2. The molecule has 11 heteroatoms. The molecule has 2 amide bonds. The summed E-state index contributed by atoms with van der Waals surface area (Å²) >= 11 is 0. The van der Waals surface area contributed by atoms with Crippen molar-refractivity contribution in [1.82, 2.24) is 47.4 Å². The average molecular weight is 486 g/mol. The number of carbonyl (C=O) groups is 2. The normalized spacial score (nSPS) is 14.0. The Hall–Kier alpha value is -1.18. The highest BCUT2D eigenvalue weighted by Crippen LogP contribution is 2.10. The predicted octanol–water partition coefficient (Wildman–Crippen LogP) is -2.74. The van der Waals surface area contributed by atoms with Gasteiger partial charge in [-0.1, -0.05) is 6.92 Å². The van der Waals surface area contributed by atoms with Gasteiger partial charge in [0.05, 0.1) is 0 Å². The molecule has 200 valence electrons. The molecule has 1 fully saturated rings. The minimum Gasteiger partial charge on any atom is -0.315 e. The van der Waals surface area contributed by atoms with Crippen LogP contribution in [0, 0.1) is 0 Å². The Labute approximate surface area is 206 Å². The van der Waals surface area contributed by atoms with Crippen LogP contribution in [-0.4, -0.2) is 128 Å². The van der Waals surface area contributed by atoms with Crippen LogP contribution in [0.1, 0.15) is 26.2 Å². The third-order valence-electron chi connectivity index (χ3n) is 5.44. The standard InChI is InChI=1S/C23H51N9O2/c1-2-5-24-6-7-25-8-9-26-10-11-27-12-13-28-14-15-29-16-17-30-18-19-31-20-21-32-22(33)3-4-23(32)34/h24-31H,2-21H2,1H3. The van der Waals surface area contributed by atoms with Crippen LogP contribution in [0.25, 0.3) is 0 Å². The van der Waals surface area contributed by atoms with Crippen molar-refractivity contribution in [2.45, 2.75) is 26.2 Å². The first-order chi connectivity index (χ1) is 16.8. The van der Waals surface area contributed by atoms with Gasteiger partial charge < -0.3 is 42.5 Å². The summed E-state index contributed by atoms with van der Waals surface area (Å²) in [4.78, 5) is 24.4. The van der Waals surface area contributed by atoms with Gasteiger partial charge in [-0.2, -0.15) is 0 Å². The van der Waals surface area contributed by atoms with Gasteiger partial charge in [-0.15, -0.1) is 0 Å². The smallest absolute Gasteiger partial charge is 0.229 e. The Morgan fingerprint density at radius 1 is 0.471 bits per heavy atom. The molecule has 0 atom stereocenters. The molecule has 34 heavy (non-hydrogen) atoms. The maximum Gasteiger partial charge on any atom is 0.229 e. The van der Waals surface area contributed by atoms with Crippen LogP contribution in [-0.2, 0) is 9.59 Å². The Morgan fingerprint density at radius 2 is 0.735 bits per heavy atom. The van der Waals surface area contributed by atoms with Crippen LogP contribution in [0.3, 0.4) is 0 Å². The molecule has 0 bridgehead atoms. The van der Waals surface area contributed by atoms with E-state index in [-0.39, 0.29) is 11.8 Å². The SMILES string of the molecule is CCCNCCNCCNCCNCCNCCNCCNCCNCCN1C(=O)CCC1=O. The number of hydrogen-bond donors (Lipinski definition) is 8. The van der Waals surface area contributed by atoms with Gasteiger partial charge in [-0.05, 0) is 13.0 Å². The van der Waals surface area contributed by atoms with Crippen molar-refractivity contribution < 1.29 is 9.59 Å². The number of amides is 2. The summed E-state index contributed by atoms with van der Waals surface area (Å²) in [7, 11) is 0. The van der Waals surface area contributed by atoms with Crippen molar-refractivity contribution in [1.29, 1.82) is 0 Å². The lowest BCUT2D eigenvalue weighted by atomic mass is 10.4. The van der Waals surface area contributed by atoms with Gasteiger partial charge in [-0.25, -0.2) is 0 Å². The minimum absolute atomic E-state index is 0.0419. The van der Waals surface area contributed by atoms with E-state index in [2.05, 4.69) is 49.5 Å². The molecule has 1 saturated heterocycles. The fourth-order valence-electron chi connectivity index (χ4n) is 3.48. The Balaban J connectivity index is 1.66. The summed E-state index contributed by atoms with van der Waals surface area (Å²) in [6, 6.07) is 0. The number of rotatable bonds is 26. The molecule has 0 unspecified atom stereocenters. The van der Waals surface area contributed by atoms with Gasteiger partial charge >= 0.3 is 0 Å². The van der Waals surface area contributed by atoms with Crippen LogP contribution in [0.4, 0.5) is 0 Å². The highest BCUT2D eigenvalue weighted by Gasteiger charge is 2.27. The lowest BCUT2D eigenvalue weighted by molar-refractivity contribution is -0.138. The first kappa shape index (κ1) is 30.9. The molecular weight excluding hydrogens is 434 g/mol. The maximum atomic E-state index is 11.5. The summed E-state index contributed by atoms with van der Waals surface area (Å²) in [5.41, 5.74) is 0. The minimum atomic E-state index is -0.0419. The molecule has 0 radical (unpaired) electrons. The monoisotopic (exact) mass is 485 g/mol. The molecule has 1 aliphatic heterocycles. The first-order valence-corrected chi connectivity index (χ1v) is 13.2. The molecule has 0 aromatic heterocycles. The lowest BCUT2D eigenvalue weighted by Gasteiger charge is -2.14. The molecule has 0 saturated carbocycles. The Bertz CT molecular complexity index is 481. The molecule has 0 aromatic rings. The molecule has 8 N–H and O–H groups in total. The quantitative estimate of drug-likeness (QED) is 0.0482. The topological polar surface area (TPSA) is 134 Å². The van der Waals surface area contributed by atoms with E-state index in [0.29, 0.717) is 25.9 Å². The van der Waals surface area contributed by atoms with Crippen molar-refractivity contribution in [2.75, 3.05) is 111 Å². The van der Waals surface area contributed by atoms with E-state index >= 15 is 0 Å². The third kappa shape index (κ3) is 18.2. The van der Waals surface area contributed by atoms with E-state index in [1.54, 1.807) is 0 Å². The van der Waals surface area contributed by atoms with Crippen molar-refractivity contribution in [3.63, 3.8) is 0 Å². The first-order valence-electron chi connectivity index (χ1n) is 13.2. The molecule has 0 spiro atoms. The second-order valence-electron chi connectivity index (χ2n) is 8.44. The largest absolute Gasteiger partial charge is 0.315 e. The van der Waals surface area contributed by atoms with Gasteiger partial charge in [0, 0.05) is 118 Å². The number of imide groups is 1. The summed E-state index contributed by atoms with van der Waals surface area (Å²) in [6.45, 7) is 18.0. The zero-order valence-electron chi connectivity index (χ0n) is 21.4. The molecular formula is C23H51N9O2. The van der Waals surface area contributed by atoms with E-state index < -0.39 is 0 Å². The summed E-state index contributed by atoms with van der Waals surface area (Å²) < 4.78 is 0. The maximum absolute atomic E-state index is 11.5. The highest BCUT2D eigenvalue weighted by molar-refractivity contribution is 6.01. The molecule has 11 nitrogen and oxygen atoms in total. The van der Waals surface area contributed by atoms with Crippen molar-refractivity contribution in [2.24, 2.45) is 0 Å². The number of nitrogens with zero attached hydrogens (tertiary/aromatic N) is 1. The van der Waals surface area contributed by atoms with Crippen LogP contribution in [0.5, 0.6) is 0 Å². The van der Waals surface area contributed by atoms with Crippen molar-refractivity contribution >= 4 is 11.8 Å². The fraction of sp³-hybridized carbons (Fsp3) is 0.913. The molecule has 1 heterocycles. The second-order valence-corrected chi connectivity index (χ2v) is 8.44. The van der Waals surface area contributed by atoms with Gasteiger partial charge in [-0.3, -0.25) is 14.5 Å². The van der Waals surface area contributed by atoms with Gasteiger partial charge in [0.15, 0.2) is 0 Å². The van der Waals surface area contributed by atoms with E-state index in [9.17, 15) is 9.59 Å². The van der Waals surface area contributed by atoms with Crippen LogP contribution in [0.2, 0.25) is 0 Å². The van der Waals surface area contributed by atoms with Crippen molar-refractivity contribution in [3.05, 3.63) is 0 Å². The molecule has 1 aliphatic rings. The van der Waals surface area contributed by atoms with E-state index in [0.717, 1.165) is 98.2 Å². The number of likely N-dealkylation sites (tertiary alicyclic amines) is 1. The number of carbonyl (C=O) groups excluding carboxylic acids is 2. The zero-order chi connectivity index (χ0) is 24.5. The molecule has 0 aromatic carbocycles. The van der Waals surface area contributed by atoms with Gasteiger partial charge in [0.1, 0.15) is 0 Å². The van der Waals surface area contributed by atoms with Crippen LogP contribution in [0.15, 0.2) is 0 Å². The second kappa shape index (κ2) is 23.6. The number of nitrogens with one attached hydrogen (secondary N) is 8. The summed E-state index contributed by atoms with van der Waals surface area (Å²) in [5, 5.41) is 27.2.